The first kappa shape index (κ1) is 15.6. The minimum Gasteiger partial charge on any atom is -0.490 e. The maximum absolute atomic E-state index is 12.0. The number of rotatable bonds is 4. The zero-order valence-corrected chi connectivity index (χ0v) is 13.7. The molecule has 0 radical (unpaired) electrons. The molecule has 0 atom stereocenters. The number of aromatic nitrogens is 2. The molecule has 4 rings (SSSR count). The predicted molar refractivity (Wildman–Crippen MR) is 92.4 cm³/mol. The zero-order chi connectivity index (χ0) is 17.1. The number of carbonyl (C=O) groups excluding carboxylic acids is 1. The quantitative estimate of drug-likeness (QED) is 0.790. The van der Waals surface area contributed by atoms with E-state index in [9.17, 15) is 4.79 Å². The van der Waals surface area contributed by atoms with E-state index in [1.807, 2.05) is 30.3 Å². The summed E-state index contributed by atoms with van der Waals surface area (Å²) in [5, 5.41) is 4.08. The Morgan fingerprint density at radius 2 is 2.04 bits per heavy atom. The second kappa shape index (κ2) is 6.93. The van der Waals surface area contributed by atoms with Crippen molar-refractivity contribution in [2.75, 3.05) is 0 Å². The number of benzene rings is 1. The van der Waals surface area contributed by atoms with Gasteiger partial charge in [-0.3, -0.25) is 9.78 Å². The summed E-state index contributed by atoms with van der Waals surface area (Å²) in [4.78, 5) is 20.2. The molecule has 1 amide bonds. The number of amides is 1. The number of pyridine rings is 1. The van der Waals surface area contributed by atoms with E-state index in [0.717, 1.165) is 42.3 Å². The van der Waals surface area contributed by atoms with Gasteiger partial charge in [-0.2, -0.15) is 0 Å². The SMILES string of the molecule is O=C(NC1CCC(Oc2ccc3ncccc3c2)CC1)c1cocn1. The molecular formula is C19H19N3O3. The molecule has 1 aromatic carbocycles. The zero-order valence-electron chi connectivity index (χ0n) is 13.7. The highest BCUT2D eigenvalue weighted by molar-refractivity contribution is 5.92. The van der Waals surface area contributed by atoms with Crippen molar-refractivity contribution in [2.24, 2.45) is 0 Å². The molecule has 0 aliphatic heterocycles. The molecule has 2 heterocycles. The number of nitrogens with zero attached hydrogens (tertiary/aromatic N) is 2. The maximum atomic E-state index is 12.0. The number of nitrogens with one attached hydrogen (secondary N) is 1. The third-order valence-electron chi connectivity index (χ3n) is 4.55. The van der Waals surface area contributed by atoms with Crippen molar-refractivity contribution in [1.82, 2.24) is 15.3 Å². The molecule has 128 valence electrons. The lowest BCUT2D eigenvalue weighted by atomic mass is 9.93. The minimum absolute atomic E-state index is 0.157. The molecule has 25 heavy (non-hydrogen) atoms. The van der Waals surface area contributed by atoms with Gasteiger partial charge >= 0.3 is 0 Å². The van der Waals surface area contributed by atoms with Crippen molar-refractivity contribution >= 4 is 16.8 Å². The highest BCUT2D eigenvalue weighted by Crippen LogP contribution is 2.26. The fourth-order valence-corrected chi connectivity index (χ4v) is 3.23. The molecule has 2 aromatic heterocycles. The Morgan fingerprint density at radius 3 is 2.84 bits per heavy atom. The minimum atomic E-state index is -0.180. The van der Waals surface area contributed by atoms with E-state index >= 15 is 0 Å². The molecule has 6 heteroatoms. The Kier molecular flexibility index (Phi) is 4.33. The van der Waals surface area contributed by atoms with E-state index in [2.05, 4.69) is 15.3 Å². The van der Waals surface area contributed by atoms with Gasteiger partial charge in [0, 0.05) is 17.6 Å². The van der Waals surface area contributed by atoms with Crippen LogP contribution >= 0.6 is 0 Å². The van der Waals surface area contributed by atoms with Crippen LogP contribution in [0.1, 0.15) is 36.2 Å². The van der Waals surface area contributed by atoms with Crippen LogP contribution in [0.15, 0.2) is 53.6 Å². The van der Waals surface area contributed by atoms with E-state index in [0.29, 0.717) is 5.69 Å². The molecule has 1 saturated carbocycles. The average molecular weight is 337 g/mol. The van der Waals surface area contributed by atoms with E-state index in [4.69, 9.17) is 9.15 Å². The van der Waals surface area contributed by atoms with Gasteiger partial charge in [0.05, 0.1) is 11.6 Å². The molecule has 1 fully saturated rings. The van der Waals surface area contributed by atoms with Gasteiger partial charge in [0.25, 0.3) is 5.91 Å². The van der Waals surface area contributed by atoms with Gasteiger partial charge in [-0.25, -0.2) is 4.98 Å². The van der Waals surface area contributed by atoms with Crippen molar-refractivity contribution in [3.63, 3.8) is 0 Å². The van der Waals surface area contributed by atoms with Gasteiger partial charge in [-0.05, 0) is 49.9 Å². The Bertz CT molecular complexity index is 855. The number of oxazole rings is 1. The summed E-state index contributed by atoms with van der Waals surface area (Å²) in [5.74, 6) is 0.690. The molecule has 0 unspecified atom stereocenters. The maximum Gasteiger partial charge on any atom is 0.273 e. The first-order valence-corrected chi connectivity index (χ1v) is 8.48. The monoisotopic (exact) mass is 337 g/mol. The van der Waals surface area contributed by atoms with Crippen LogP contribution in [0.25, 0.3) is 10.9 Å². The van der Waals surface area contributed by atoms with Crippen LogP contribution in [-0.4, -0.2) is 28.0 Å². The first-order valence-electron chi connectivity index (χ1n) is 8.48. The number of hydrogen-bond acceptors (Lipinski definition) is 5. The molecule has 1 N–H and O–H groups in total. The van der Waals surface area contributed by atoms with E-state index in [1.54, 1.807) is 6.20 Å². The highest BCUT2D eigenvalue weighted by atomic mass is 16.5. The third kappa shape index (κ3) is 3.63. The second-order valence-electron chi connectivity index (χ2n) is 6.30. The third-order valence-corrected chi connectivity index (χ3v) is 4.55. The molecule has 0 spiro atoms. The standard InChI is InChI=1S/C19H19N3O3/c23-19(18-11-24-12-21-18)22-14-3-5-15(6-4-14)25-16-7-8-17-13(10-16)2-1-9-20-17/h1-2,7-12,14-15H,3-6H2,(H,22,23). The summed E-state index contributed by atoms with van der Waals surface area (Å²) in [6.45, 7) is 0. The van der Waals surface area contributed by atoms with Gasteiger partial charge < -0.3 is 14.5 Å². The summed E-state index contributed by atoms with van der Waals surface area (Å²) < 4.78 is 11.0. The van der Waals surface area contributed by atoms with Gasteiger partial charge in [-0.15, -0.1) is 0 Å². The fourth-order valence-electron chi connectivity index (χ4n) is 3.23. The van der Waals surface area contributed by atoms with Crippen LogP contribution in [0.5, 0.6) is 5.75 Å². The molecule has 0 bridgehead atoms. The Hall–Kier alpha value is -2.89. The van der Waals surface area contributed by atoms with Crippen LogP contribution in [0.4, 0.5) is 0 Å². The summed E-state index contributed by atoms with van der Waals surface area (Å²) in [6.07, 6.45) is 8.19. The highest BCUT2D eigenvalue weighted by Gasteiger charge is 2.24. The second-order valence-corrected chi connectivity index (χ2v) is 6.30. The average Bonchev–Trinajstić information content (AvgIpc) is 3.18. The predicted octanol–water partition coefficient (Wildman–Crippen LogP) is 3.34. The Labute approximate surface area is 145 Å². The summed E-state index contributed by atoms with van der Waals surface area (Å²) in [6, 6.07) is 10.1. The lowest BCUT2D eigenvalue weighted by Gasteiger charge is -2.29. The molecule has 1 aliphatic carbocycles. The van der Waals surface area contributed by atoms with Gasteiger partial charge in [0.1, 0.15) is 12.0 Å². The molecule has 6 nitrogen and oxygen atoms in total. The molecule has 1 aliphatic rings. The van der Waals surface area contributed by atoms with Crippen LogP contribution < -0.4 is 10.1 Å². The number of ether oxygens (including phenoxy) is 1. The molecule has 0 saturated heterocycles. The van der Waals surface area contributed by atoms with Crippen molar-refractivity contribution in [2.45, 2.75) is 37.8 Å². The lowest BCUT2D eigenvalue weighted by Crippen LogP contribution is -2.39. The van der Waals surface area contributed by atoms with Crippen molar-refractivity contribution < 1.29 is 13.9 Å². The van der Waals surface area contributed by atoms with Crippen LogP contribution in [0, 0.1) is 0 Å². The van der Waals surface area contributed by atoms with Gasteiger partial charge in [-0.1, -0.05) is 6.07 Å². The normalized spacial score (nSPS) is 20.3. The van der Waals surface area contributed by atoms with Crippen LogP contribution in [0.3, 0.4) is 0 Å². The first-order chi connectivity index (χ1) is 12.3. The fraction of sp³-hybridized carbons (Fsp3) is 0.316. The number of carbonyl (C=O) groups is 1. The van der Waals surface area contributed by atoms with E-state index in [-0.39, 0.29) is 18.1 Å². The largest absolute Gasteiger partial charge is 0.490 e. The number of fused-ring (bicyclic) bond motifs is 1. The smallest absolute Gasteiger partial charge is 0.273 e. The van der Waals surface area contributed by atoms with Crippen molar-refractivity contribution in [3.05, 3.63) is 54.9 Å². The van der Waals surface area contributed by atoms with E-state index < -0.39 is 0 Å². The Balaban J connectivity index is 1.31. The topological polar surface area (TPSA) is 77.2 Å². The van der Waals surface area contributed by atoms with Crippen LogP contribution in [-0.2, 0) is 0 Å². The summed E-state index contributed by atoms with van der Waals surface area (Å²) >= 11 is 0. The lowest BCUT2D eigenvalue weighted by molar-refractivity contribution is 0.0889. The van der Waals surface area contributed by atoms with Crippen LogP contribution in [0.2, 0.25) is 0 Å². The molecular weight excluding hydrogens is 318 g/mol. The van der Waals surface area contributed by atoms with E-state index in [1.165, 1.54) is 12.7 Å². The van der Waals surface area contributed by atoms with Crippen molar-refractivity contribution in [3.8, 4) is 5.75 Å². The Morgan fingerprint density at radius 1 is 1.16 bits per heavy atom. The number of hydrogen-bond donors (Lipinski definition) is 1. The van der Waals surface area contributed by atoms with Gasteiger partial charge in [0.15, 0.2) is 12.1 Å². The summed E-state index contributed by atoms with van der Waals surface area (Å²) in [7, 11) is 0. The van der Waals surface area contributed by atoms with Crippen molar-refractivity contribution in [1.29, 1.82) is 0 Å². The van der Waals surface area contributed by atoms with Gasteiger partial charge in [0.2, 0.25) is 0 Å². The summed E-state index contributed by atoms with van der Waals surface area (Å²) in [5.41, 5.74) is 1.29. The molecule has 3 aromatic rings.